The highest BCUT2D eigenvalue weighted by molar-refractivity contribution is 7.91. The van der Waals surface area contributed by atoms with Gasteiger partial charge < -0.3 is 5.32 Å². The summed E-state index contributed by atoms with van der Waals surface area (Å²) in [4.78, 5) is 4.44. The standard InChI is InChI=1S/C11H12N2O2S2/c14-17(15)6-5-8(7-17)12-11-13-9-3-1-2-4-10(9)16-11/h1-4,8H,5-7H2,(H,12,13). The molecular weight excluding hydrogens is 256 g/mol. The molecule has 0 spiro atoms. The van der Waals surface area contributed by atoms with E-state index < -0.39 is 9.84 Å². The molecule has 1 unspecified atom stereocenters. The molecular formula is C11H12N2O2S2. The van der Waals surface area contributed by atoms with Crippen LogP contribution < -0.4 is 5.32 Å². The van der Waals surface area contributed by atoms with Gasteiger partial charge in [0.05, 0.1) is 21.7 Å². The Bertz CT molecular complexity index is 615. The number of hydrogen-bond donors (Lipinski definition) is 1. The Balaban J connectivity index is 1.81. The van der Waals surface area contributed by atoms with Crippen molar-refractivity contribution in [3.8, 4) is 0 Å². The molecule has 0 aliphatic carbocycles. The monoisotopic (exact) mass is 268 g/mol. The Morgan fingerprint density at radius 2 is 2.18 bits per heavy atom. The molecule has 6 heteroatoms. The van der Waals surface area contributed by atoms with E-state index in [-0.39, 0.29) is 17.5 Å². The maximum atomic E-state index is 11.3. The number of nitrogens with one attached hydrogen (secondary N) is 1. The lowest BCUT2D eigenvalue weighted by Gasteiger charge is -2.07. The number of benzene rings is 1. The molecule has 1 atom stereocenters. The predicted molar refractivity (Wildman–Crippen MR) is 70.3 cm³/mol. The number of anilines is 1. The topological polar surface area (TPSA) is 59.1 Å². The molecule has 3 rings (SSSR count). The molecule has 90 valence electrons. The van der Waals surface area contributed by atoms with Crippen molar-refractivity contribution >= 4 is 36.5 Å². The van der Waals surface area contributed by atoms with E-state index in [1.165, 1.54) is 0 Å². The molecule has 17 heavy (non-hydrogen) atoms. The normalized spacial score (nSPS) is 22.9. The summed E-state index contributed by atoms with van der Waals surface area (Å²) in [6, 6.07) is 7.92. The summed E-state index contributed by atoms with van der Waals surface area (Å²) in [6.45, 7) is 0. The van der Waals surface area contributed by atoms with Crippen LogP contribution in [-0.4, -0.2) is 30.9 Å². The number of sulfone groups is 1. The van der Waals surface area contributed by atoms with Crippen molar-refractivity contribution in [3.05, 3.63) is 24.3 Å². The minimum absolute atomic E-state index is 0.0144. The van der Waals surface area contributed by atoms with Crippen LogP contribution in [0.4, 0.5) is 5.13 Å². The van der Waals surface area contributed by atoms with Crippen LogP contribution in [0, 0.1) is 0 Å². The lowest BCUT2D eigenvalue weighted by Crippen LogP contribution is -2.20. The third kappa shape index (κ3) is 2.28. The van der Waals surface area contributed by atoms with Gasteiger partial charge >= 0.3 is 0 Å². The van der Waals surface area contributed by atoms with Crippen LogP contribution in [0.1, 0.15) is 6.42 Å². The number of para-hydroxylation sites is 1. The second kappa shape index (κ2) is 3.96. The smallest absolute Gasteiger partial charge is 0.184 e. The van der Waals surface area contributed by atoms with Crippen LogP contribution >= 0.6 is 11.3 Å². The average Bonchev–Trinajstić information content (AvgIpc) is 2.81. The van der Waals surface area contributed by atoms with E-state index in [2.05, 4.69) is 10.3 Å². The Kier molecular flexibility index (Phi) is 2.56. The van der Waals surface area contributed by atoms with Gasteiger partial charge in [-0.15, -0.1) is 0 Å². The van der Waals surface area contributed by atoms with Gasteiger partial charge in [-0.05, 0) is 18.6 Å². The first-order valence-electron chi connectivity index (χ1n) is 5.45. The van der Waals surface area contributed by atoms with Crippen LogP contribution in [0.5, 0.6) is 0 Å². The van der Waals surface area contributed by atoms with Crippen molar-refractivity contribution in [2.45, 2.75) is 12.5 Å². The van der Waals surface area contributed by atoms with Gasteiger partial charge in [-0.1, -0.05) is 23.5 Å². The third-order valence-electron chi connectivity index (χ3n) is 2.85. The molecule has 2 heterocycles. The molecule has 0 saturated carbocycles. The largest absolute Gasteiger partial charge is 0.358 e. The first-order chi connectivity index (χ1) is 8.12. The lowest BCUT2D eigenvalue weighted by molar-refractivity contribution is 0.602. The Hall–Kier alpha value is -1.14. The number of hydrogen-bond acceptors (Lipinski definition) is 5. The average molecular weight is 268 g/mol. The molecule has 1 N–H and O–H groups in total. The first kappa shape index (κ1) is 11.0. The van der Waals surface area contributed by atoms with Crippen molar-refractivity contribution in [1.82, 2.24) is 4.98 Å². The molecule has 2 aromatic rings. The molecule has 1 aromatic carbocycles. The van der Waals surface area contributed by atoms with Gasteiger partial charge in [0.1, 0.15) is 0 Å². The summed E-state index contributed by atoms with van der Waals surface area (Å²) >= 11 is 1.57. The van der Waals surface area contributed by atoms with Crippen LogP contribution in [0.15, 0.2) is 24.3 Å². The highest BCUT2D eigenvalue weighted by Gasteiger charge is 2.28. The first-order valence-corrected chi connectivity index (χ1v) is 8.09. The van der Waals surface area contributed by atoms with Crippen molar-refractivity contribution in [2.24, 2.45) is 0 Å². The fourth-order valence-electron chi connectivity index (χ4n) is 2.02. The van der Waals surface area contributed by atoms with Gasteiger partial charge in [-0.2, -0.15) is 0 Å². The molecule has 0 radical (unpaired) electrons. The quantitative estimate of drug-likeness (QED) is 0.903. The summed E-state index contributed by atoms with van der Waals surface area (Å²) in [6.07, 6.45) is 0.679. The van der Waals surface area contributed by atoms with Crippen molar-refractivity contribution in [2.75, 3.05) is 16.8 Å². The summed E-state index contributed by atoms with van der Waals surface area (Å²) in [5.41, 5.74) is 0.959. The van der Waals surface area contributed by atoms with E-state index in [9.17, 15) is 8.42 Å². The maximum Gasteiger partial charge on any atom is 0.184 e. The number of fused-ring (bicyclic) bond motifs is 1. The number of aromatic nitrogens is 1. The van der Waals surface area contributed by atoms with Crippen LogP contribution in [0.25, 0.3) is 10.2 Å². The van der Waals surface area contributed by atoms with Gasteiger partial charge in [0.25, 0.3) is 0 Å². The van der Waals surface area contributed by atoms with E-state index in [4.69, 9.17) is 0 Å². The minimum Gasteiger partial charge on any atom is -0.358 e. The fraction of sp³-hybridized carbons (Fsp3) is 0.364. The predicted octanol–water partition coefficient (Wildman–Crippen LogP) is 1.90. The number of thiazole rings is 1. The van der Waals surface area contributed by atoms with E-state index >= 15 is 0 Å². The SMILES string of the molecule is O=S1(=O)CCC(Nc2nc3ccccc3s2)C1. The minimum atomic E-state index is -2.83. The molecule has 1 aromatic heterocycles. The highest BCUT2D eigenvalue weighted by atomic mass is 32.2. The summed E-state index contributed by atoms with van der Waals surface area (Å²) in [7, 11) is -2.83. The molecule has 1 aliphatic heterocycles. The fourth-order valence-corrected chi connectivity index (χ4v) is 4.63. The van der Waals surface area contributed by atoms with E-state index in [0.717, 1.165) is 15.3 Å². The number of nitrogens with zero attached hydrogens (tertiary/aromatic N) is 1. The highest BCUT2D eigenvalue weighted by Crippen LogP contribution is 2.27. The molecule has 1 saturated heterocycles. The van der Waals surface area contributed by atoms with Crippen molar-refractivity contribution in [3.63, 3.8) is 0 Å². The van der Waals surface area contributed by atoms with E-state index in [1.54, 1.807) is 11.3 Å². The van der Waals surface area contributed by atoms with Crippen LogP contribution in [0.3, 0.4) is 0 Å². The zero-order valence-electron chi connectivity index (χ0n) is 9.09. The van der Waals surface area contributed by atoms with Gasteiger partial charge in [0.15, 0.2) is 15.0 Å². The lowest BCUT2D eigenvalue weighted by atomic mass is 10.3. The van der Waals surface area contributed by atoms with Crippen LogP contribution in [-0.2, 0) is 9.84 Å². The summed E-state index contributed by atoms with van der Waals surface area (Å²) in [5.74, 6) is 0.512. The Labute approximate surface area is 104 Å². The zero-order valence-corrected chi connectivity index (χ0v) is 10.7. The molecule has 0 amide bonds. The van der Waals surface area contributed by atoms with E-state index in [1.807, 2.05) is 24.3 Å². The van der Waals surface area contributed by atoms with Crippen molar-refractivity contribution < 1.29 is 8.42 Å². The molecule has 1 fully saturated rings. The van der Waals surface area contributed by atoms with Gasteiger partial charge in [-0.3, -0.25) is 0 Å². The Morgan fingerprint density at radius 3 is 2.88 bits per heavy atom. The van der Waals surface area contributed by atoms with Gasteiger partial charge in [0, 0.05) is 6.04 Å². The molecule has 4 nitrogen and oxygen atoms in total. The molecule has 1 aliphatic rings. The van der Waals surface area contributed by atoms with Crippen molar-refractivity contribution in [1.29, 1.82) is 0 Å². The summed E-state index contributed by atoms with van der Waals surface area (Å²) in [5, 5.41) is 4.03. The summed E-state index contributed by atoms with van der Waals surface area (Å²) < 4.78 is 23.8. The third-order valence-corrected chi connectivity index (χ3v) is 5.59. The maximum absolute atomic E-state index is 11.3. The van der Waals surface area contributed by atoms with Gasteiger partial charge in [0.2, 0.25) is 0 Å². The van der Waals surface area contributed by atoms with E-state index in [0.29, 0.717) is 6.42 Å². The zero-order chi connectivity index (χ0) is 11.9. The number of rotatable bonds is 2. The second-order valence-corrected chi connectivity index (χ2v) is 7.49. The Morgan fingerprint density at radius 1 is 1.35 bits per heavy atom. The van der Waals surface area contributed by atoms with Gasteiger partial charge in [-0.25, -0.2) is 13.4 Å². The molecule has 0 bridgehead atoms. The second-order valence-electron chi connectivity index (χ2n) is 4.23. The van der Waals surface area contributed by atoms with Crippen LogP contribution in [0.2, 0.25) is 0 Å².